The third-order valence-electron chi connectivity index (χ3n) is 4.94. The molecule has 0 bridgehead atoms. The molecule has 130 valence electrons. The normalized spacial score (nSPS) is 18.4. The number of fused-ring (bicyclic) bond motifs is 1. The topological polar surface area (TPSA) is 16.1 Å². The number of hydrogen-bond donors (Lipinski definition) is 0. The molecule has 2 aromatic rings. The lowest BCUT2D eigenvalue weighted by Gasteiger charge is -2.31. The van der Waals surface area contributed by atoms with Gasteiger partial charge in [0.25, 0.3) is 5.92 Å². The minimum atomic E-state index is -2.45. The number of pyridine rings is 1. The molecule has 0 spiro atoms. The van der Waals surface area contributed by atoms with Gasteiger partial charge in [0.2, 0.25) is 0 Å². The van der Waals surface area contributed by atoms with E-state index in [0.29, 0.717) is 19.0 Å². The second-order valence-corrected chi connectivity index (χ2v) is 7.21. The van der Waals surface area contributed by atoms with Crippen molar-refractivity contribution in [1.29, 1.82) is 0 Å². The molecule has 1 aromatic carbocycles. The molecule has 0 radical (unpaired) electrons. The van der Waals surface area contributed by atoms with E-state index in [-0.39, 0.29) is 12.8 Å². The fourth-order valence-corrected chi connectivity index (χ4v) is 3.46. The summed E-state index contributed by atoms with van der Waals surface area (Å²) < 4.78 is 26.4. The highest BCUT2D eigenvalue weighted by Crippen LogP contribution is 2.28. The van der Waals surface area contributed by atoms with Crippen molar-refractivity contribution in [1.82, 2.24) is 9.88 Å². The van der Waals surface area contributed by atoms with E-state index in [0.717, 1.165) is 25.1 Å². The Morgan fingerprint density at radius 2 is 1.92 bits per heavy atom. The van der Waals surface area contributed by atoms with Crippen LogP contribution in [0.25, 0.3) is 10.8 Å². The van der Waals surface area contributed by atoms with E-state index in [1.165, 1.54) is 16.3 Å². The fraction of sp³-hybridized carbons (Fsp3) is 0.550. The summed E-state index contributed by atoms with van der Waals surface area (Å²) in [6, 6.07) is 8.65. The molecular weight excluding hydrogens is 306 g/mol. The molecule has 2 nitrogen and oxygen atoms in total. The average Bonchev–Trinajstić information content (AvgIpc) is 2.55. The second-order valence-electron chi connectivity index (χ2n) is 7.21. The predicted octanol–water partition coefficient (Wildman–Crippen LogP) is 5.02. The zero-order valence-electron chi connectivity index (χ0n) is 14.6. The van der Waals surface area contributed by atoms with Gasteiger partial charge in [0, 0.05) is 37.5 Å². The molecule has 2 heterocycles. The Morgan fingerprint density at radius 3 is 2.62 bits per heavy atom. The average molecular weight is 332 g/mol. The summed E-state index contributed by atoms with van der Waals surface area (Å²) in [6.07, 6.45) is 3.88. The highest BCUT2D eigenvalue weighted by atomic mass is 19.3. The van der Waals surface area contributed by atoms with Crippen LogP contribution in [0.2, 0.25) is 0 Å². The maximum Gasteiger partial charge on any atom is 0.250 e. The third kappa shape index (κ3) is 4.10. The number of halogens is 2. The Kier molecular flexibility index (Phi) is 5.14. The number of aromatic nitrogens is 1. The van der Waals surface area contributed by atoms with Gasteiger partial charge in [0.05, 0.1) is 5.69 Å². The summed E-state index contributed by atoms with van der Waals surface area (Å²) in [5.41, 5.74) is 2.45. The van der Waals surface area contributed by atoms with E-state index < -0.39 is 5.92 Å². The number of aryl methyl sites for hydroxylation is 1. The summed E-state index contributed by atoms with van der Waals surface area (Å²) in [4.78, 5) is 6.70. The van der Waals surface area contributed by atoms with Gasteiger partial charge in [-0.05, 0) is 48.4 Å². The van der Waals surface area contributed by atoms with E-state index in [9.17, 15) is 8.78 Å². The Hall–Kier alpha value is -1.55. The molecule has 0 N–H and O–H groups in total. The molecule has 4 heteroatoms. The summed E-state index contributed by atoms with van der Waals surface area (Å²) in [7, 11) is 0. The quantitative estimate of drug-likeness (QED) is 0.764. The summed E-state index contributed by atoms with van der Waals surface area (Å²) in [6.45, 7) is 6.28. The third-order valence-corrected chi connectivity index (χ3v) is 4.94. The van der Waals surface area contributed by atoms with Crippen LogP contribution in [0.4, 0.5) is 8.78 Å². The first kappa shape index (κ1) is 17.3. The SMILES string of the molecule is CC(C)c1nccc2ccc(CCCN3CCC(F)(F)CC3)cc12. The van der Waals surface area contributed by atoms with E-state index >= 15 is 0 Å². The van der Waals surface area contributed by atoms with Crippen LogP contribution in [0.5, 0.6) is 0 Å². The van der Waals surface area contributed by atoms with Crippen molar-refractivity contribution in [2.45, 2.75) is 51.4 Å². The highest BCUT2D eigenvalue weighted by Gasteiger charge is 2.33. The smallest absolute Gasteiger partial charge is 0.250 e. The Balaban J connectivity index is 1.61. The van der Waals surface area contributed by atoms with Crippen LogP contribution >= 0.6 is 0 Å². The molecule has 0 unspecified atom stereocenters. The van der Waals surface area contributed by atoms with E-state index in [4.69, 9.17) is 0 Å². The lowest BCUT2D eigenvalue weighted by molar-refractivity contribution is -0.0551. The number of benzene rings is 1. The summed E-state index contributed by atoms with van der Waals surface area (Å²) in [5.74, 6) is -2.05. The zero-order chi connectivity index (χ0) is 17.2. The van der Waals surface area contributed by atoms with Crippen LogP contribution in [0.3, 0.4) is 0 Å². The van der Waals surface area contributed by atoms with Gasteiger partial charge in [-0.2, -0.15) is 0 Å². The number of piperidine rings is 1. The van der Waals surface area contributed by atoms with Crippen LogP contribution in [0, 0.1) is 0 Å². The van der Waals surface area contributed by atoms with Crippen molar-refractivity contribution in [2.75, 3.05) is 19.6 Å². The monoisotopic (exact) mass is 332 g/mol. The molecule has 1 saturated heterocycles. The second kappa shape index (κ2) is 7.14. The molecule has 1 aliphatic rings. The van der Waals surface area contributed by atoms with Crippen LogP contribution < -0.4 is 0 Å². The van der Waals surface area contributed by atoms with Crippen molar-refractivity contribution in [2.24, 2.45) is 0 Å². The zero-order valence-corrected chi connectivity index (χ0v) is 14.6. The maximum atomic E-state index is 13.2. The van der Waals surface area contributed by atoms with Gasteiger partial charge in [0.1, 0.15) is 0 Å². The molecule has 0 atom stereocenters. The lowest BCUT2D eigenvalue weighted by atomic mass is 9.98. The molecule has 1 aliphatic heterocycles. The minimum Gasteiger partial charge on any atom is -0.303 e. The number of hydrogen-bond acceptors (Lipinski definition) is 2. The molecule has 1 fully saturated rings. The van der Waals surface area contributed by atoms with Crippen molar-refractivity contribution in [3.63, 3.8) is 0 Å². The molecule has 24 heavy (non-hydrogen) atoms. The van der Waals surface area contributed by atoms with E-state index in [2.05, 4.69) is 48.0 Å². The van der Waals surface area contributed by atoms with Crippen molar-refractivity contribution >= 4 is 10.8 Å². The van der Waals surface area contributed by atoms with Gasteiger partial charge in [-0.15, -0.1) is 0 Å². The first-order valence-corrected chi connectivity index (χ1v) is 8.92. The first-order chi connectivity index (χ1) is 11.4. The molecule has 3 rings (SSSR count). The Labute approximate surface area is 142 Å². The molecular formula is C20H26F2N2. The van der Waals surface area contributed by atoms with Crippen molar-refractivity contribution < 1.29 is 8.78 Å². The lowest BCUT2D eigenvalue weighted by Crippen LogP contribution is -2.39. The summed E-state index contributed by atoms with van der Waals surface area (Å²) >= 11 is 0. The predicted molar refractivity (Wildman–Crippen MR) is 94.8 cm³/mol. The van der Waals surface area contributed by atoms with Gasteiger partial charge in [0.15, 0.2) is 0 Å². The van der Waals surface area contributed by atoms with Crippen molar-refractivity contribution in [3.8, 4) is 0 Å². The van der Waals surface area contributed by atoms with Gasteiger partial charge >= 0.3 is 0 Å². The summed E-state index contributed by atoms with van der Waals surface area (Å²) in [5, 5.41) is 2.47. The Bertz CT molecular complexity index is 687. The van der Waals surface area contributed by atoms with Gasteiger partial charge in [-0.25, -0.2) is 8.78 Å². The number of likely N-dealkylation sites (tertiary alicyclic amines) is 1. The van der Waals surface area contributed by atoms with Gasteiger partial charge < -0.3 is 4.90 Å². The Morgan fingerprint density at radius 1 is 1.17 bits per heavy atom. The maximum absolute atomic E-state index is 13.2. The number of rotatable bonds is 5. The molecule has 1 aromatic heterocycles. The largest absolute Gasteiger partial charge is 0.303 e. The van der Waals surface area contributed by atoms with Gasteiger partial charge in [-0.1, -0.05) is 26.0 Å². The minimum absolute atomic E-state index is 0.00634. The fourth-order valence-electron chi connectivity index (χ4n) is 3.46. The molecule has 0 amide bonds. The first-order valence-electron chi connectivity index (χ1n) is 8.92. The van der Waals surface area contributed by atoms with Crippen molar-refractivity contribution in [3.05, 3.63) is 41.7 Å². The number of alkyl halides is 2. The highest BCUT2D eigenvalue weighted by molar-refractivity contribution is 5.85. The van der Waals surface area contributed by atoms with Crippen LogP contribution in [0.15, 0.2) is 30.5 Å². The molecule has 0 saturated carbocycles. The van der Waals surface area contributed by atoms with E-state index in [1.54, 1.807) is 0 Å². The van der Waals surface area contributed by atoms with Gasteiger partial charge in [-0.3, -0.25) is 4.98 Å². The number of nitrogens with zero attached hydrogens (tertiary/aromatic N) is 2. The van der Waals surface area contributed by atoms with E-state index in [1.807, 2.05) is 6.20 Å². The van der Waals surface area contributed by atoms with Crippen LogP contribution in [-0.4, -0.2) is 35.4 Å². The molecule has 0 aliphatic carbocycles. The van der Waals surface area contributed by atoms with Crippen LogP contribution in [-0.2, 0) is 6.42 Å². The van der Waals surface area contributed by atoms with Crippen LogP contribution in [0.1, 0.15) is 50.3 Å². The standard InChI is InChI=1S/C20H26F2N2/c1-15(2)19-18-14-16(5-6-17(18)7-10-23-19)4-3-11-24-12-8-20(21,22)9-13-24/h5-7,10,14-15H,3-4,8-9,11-13H2,1-2H3.